The van der Waals surface area contributed by atoms with E-state index in [-0.39, 0.29) is 12.6 Å². The number of ether oxygens (including phenoxy) is 2. The molecule has 102 valence electrons. The number of hydrogen-bond acceptors (Lipinski definition) is 5. The Morgan fingerprint density at radius 1 is 1.28 bits per heavy atom. The molecule has 0 aliphatic carbocycles. The third kappa shape index (κ3) is 9.45. The first-order valence-electron chi connectivity index (χ1n) is 5.97. The van der Waals surface area contributed by atoms with Crippen molar-refractivity contribution >= 4 is 11.9 Å². The van der Waals surface area contributed by atoms with Crippen LogP contribution >= 0.6 is 0 Å². The second-order valence-electron chi connectivity index (χ2n) is 3.72. The Hall–Kier alpha value is -1.78. The molecule has 0 aromatic rings. The van der Waals surface area contributed by atoms with Crippen molar-refractivity contribution in [3.8, 4) is 0 Å². The third-order valence-electron chi connectivity index (χ3n) is 1.91. The van der Waals surface area contributed by atoms with Crippen LogP contribution in [0.15, 0.2) is 24.4 Å². The van der Waals surface area contributed by atoms with Gasteiger partial charge in [-0.05, 0) is 13.3 Å². The van der Waals surface area contributed by atoms with E-state index in [2.05, 4.69) is 11.9 Å². The Morgan fingerprint density at radius 2 is 2.00 bits per heavy atom. The van der Waals surface area contributed by atoms with Gasteiger partial charge in [0, 0.05) is 24.4 Å². The van der Waals surface area contributed by atoms with Gasteiger partial charge in [0.05, 0.1) is 6.61 Å². The van der Waals surface area contributed by atoms with Crippen molar-refractivity contribution in [3.05, 3.63) is 24.4 Å². The highest BCUT2D eigenvalue weighted by Crippen LogP contribution is 1.91. The zero-order valence-corrected chi connectivity index (χ0v) is 11.0. The van der Waals surface area contributed by atoms with E-state index in [0.29, 0.717) is 18.7 Å². The van der Waals surface area contributed by atoms with Crippen molar-refractivity contribution in [2.75, 3.05) is 19.8 Å². The lowest BCUT2D eigenvalue weighted by Crippen LogP contribution is -2.17. The first-order valence-corrected chi connectivity index (χ1v) is 5.97. The molecular weight excluding hydrogens is 234 g/mol. The highest BCUT2D eigenvalue weighted by Gasteiger charge is 2.01. The first-order chi connectivity index (χ1) is 8.57. The fraction of sp³-hybridized carbons (Fsp3) is 0.538. The summed E-state index contributed by atoms with van der Waals surface area (Å²) in [5.41, 5.74) is 0.366. The van der Waals surface area contributed by atoms with E-state index in [1.165, 1.54) is 12.3 Å². The van der Waals surface area contributed by atoms with Crippen LogP contribution in [0.2, 0.25) is 0 Å². The molecule has 0 aliphatic heterocycles. The Morgan fingerprint density at radius 3 is 2.61 bits per heavy atom. The van der Waals surface area contributed by atoms with Gasteiger partial charge in [-0.1, -0.05) is 19.9 Å². The highest BCUT2D eigenvalue weighted by atomic mass is 16.5. The van der Waals surface area contributed by atoms with Gasteiger partial charge in [-0.3, -0.25) is 0 Å². The Kier molecular flexibility index (Phi) is 9.35. The molecule has 5 nitrogen and oxygen atoms in total. The fourth-order valence-electron chi connectivity index (χ4n) is 0.901. The highest BCUT2D eigenvalue weighted by molar-refractivity contribution is 5.86. The van der Waals surface area contributed by atoms with E-state index in [1.54, 1.807) is 6.92 Å². The van der Waals surface area contributed by atoms with E-state index in [0.717, 1.165) is 12.8 Å². The van der Waals surface area contributed by atoms with Gasteiger partial charge in [-0.2, -0.15) is 0 Å². The summed E-state index contributed by atoms with van der Waals surface area (Å²) >= 11 is 0. The summed E-state index contributed by atoms with van der Waals surface area (Å²) in [5.74, 6) is -0.797. The Balaban J connectivity index is 3.50. The minimum Gasteiger partial charge on any atom is -0.462 e. The SMILES string of the molecule is C=C(C)C(=O)OCCNC=CC(=O)OCCCC. The first kappa shape index (κ1) is 16.2. The Bertz CT molecular complexity index is 310. The van der Waals surface area contributed by atoms with Crippen molar-refractivity contribution in [1.29, 1.82) is 0 Å². The fourth-order valence-corrected chi connectivity index (χ4v) is 0.901. The molecule has 0 amide bonds. The zero-order chi connectivity index (χ0) is 13.8. The second-order valence-corrected chi connectivity index (χ2v) is 3.72. The van der Waals surface area contributed by atoms with Crippen LogP contribution in [0.5, 0.6) is 0 Å². The molecule has 0 radical (unpaired) electrons. The number of hydrogen-bond donors (Lipinski definition) is 1. The molecule has 0 bridgehead atoms. The van der Waals surface area contributed by atoms with E-state index < -0.39 is 5.97 Å². The predicted octanol–water partition coefficient (Wildman–Crippen LogP) is 1.55. The largest absolute Gasteiger partial charge is 0.462 e. The summed E-state index contributed by atoms with van der Waals surface area (Å²) in [5, 5.41) is 2.81. The van der Waals surface area contributed by atoms with Crippen molar-refractivity contribution < 1.29 is 19.1 Å². The average molecular weight is 255 g/mol. The molecule has 0 fully saturated rings. The van der Waals surface area contributed by atoms with Crippen LogP contribution in [-0.4, -0.2) is 31.7 Å². The molecule has 0 saturated carbocycles. The maximum Gasteiger partial charge on any atom is 0.333 e. The second kappa shape index (κ2) is 10.4. The van der Waals surface area contributed by atoms with Gasteiger partial charge in [-0.25, -0.2) is 9.59 Å². The van der Waals surface area contributed by atoms with E-state index in [9.17, 15) is 9.59 Å². The van der Waals surface area contributed by atoms with E-state index in [4.69, 9.17) is 9.47 Å². The van der Waals surface area contributed by atoms with Crippen LogP contribution < -0.4 is 5.32 Å². The molecule has 5 heteroatoms. The zero-order valence-electron chi connectivity index (χ0n) is 11.0. The summed E-state index contributed by atoms with van der Waals surface area (Å²) in [7, 11) is 0. The van der Waals surface area contributed by atoms with Crippen molar-refractivity contribution in [3.63, 3.8) is 0 Å². The Labute approximate surface area is 108 Å². The number of rotatable bonds is 9. The summed E-state index contributed by atoms with van der Waals surface area (Å²) in [6.07, 6.45) is 4.63. The number of esters is 2. The third-order valence-corrected chi connectivity index (χ3v) is 1.91. The van der Waals surface area contributed by atoms with Crippen molar-refractivity contribution in [2.45, 2.75) is 26.7 Å². The molecule has 0 atom stereocenters. The van der Waals surface area contributed by atoms with Gasteiger partial charge in [0.25, 0.3) is 0 Å². The van der Waals surface area contributed by atoms with Crippen LogP contribution in [0.3, 0.4) is 0 Å². The summed E-state index contributed by atoms with van der Waals surface area (Å²) in [6.45, 7) is 8.16. The van der Waals surface area contributed by atoms with Crippen LogP contribution in [-0.2, 0) is 19.1 Å². The maximum atomic E-state index is 11.1. The molecule has 0 aromatic carbocycles. The minimum absolute atomic E-state index is 0.223. The number of carbonyl (C=O) groups is 2. The van der Waals surface area contributed by atoms with Gasteiger partial charge < -0.3 is 14.8 Å². The molecule has 0 saturated heterocycles. The normalized spacial score (nSPS) is 10.1. The van der Waals surface area contributed by atoms with Gasteiger partial charge in [0.2, 0.25) is 0 Å². The molecule has 1 N–H and O–H groups in total. The smallest absolute Gasteiger partial charge is 0.333 e. The molecule has 0 unspecified atom stereocenters. The lowest BCUT2D eigenvalue weighted by Gasteiger charge is -2.04. The molecule has 0 aliphatic rings. The number of unbranched alkanes of at least 4 members (excludes halogenated alkanes) is 1. The van der Waals surface area contributed by atoms with Crippen LogP contribution in [0.25, 0.3) is 0 Å². The number of nitrogens with one attached hydrogen (secondary N) is 1. The van der Waals surface area contributed by atoms with Gasteiger partial charge in [0.15, 0.2) is 0 Å². The van der Waals surface area contributed by atoms with Crippen LogP contribution in [0.1, 0.15) is 26.7 Å². The van der Waals surface area contributed by atoms with E-state index >= 15 is 0 Å². The molecular formula is C13H21NO4. The number of carbonyl (C=O) groups excluding carboxylic acids is 2. The quantitative estimate of drug-likeness (QED) is 0.385. The van der Waals surface area contributed by atoms with Crippen LogP contribution in [0.4, 0.5) is 0 Å². The summed E-state index contributed by atoms with van der Waals surface area (Å²) in [4.78, 5) is 22.1. The summed E-state index contributed by atoms with van der Waals surface area (Å²) in [6, 6.07) is 0. The van der Waals surface area contributed by atoms with Crippen molar-refractivity contribution in [1.82, 2.24) is 5.32 Å². The van der Waals surface area contributed by atoms with Crippen molar-refractivity contribution in [2.24, 2.45) is 0 Å². The maximum absolute atomic E-state index is 11.1. The molecule has 0 aromatic heterocycles. The average Bonchev–Trinajstić information content (AvgIpc) is 2.33. The lowest BCUT2D eigenvalue weighted by atomic mass is 10.4. The van der Waals surface area contributed by atoms with Crippen LogP contribution in [0, 0.1) is 0 Å². The molecule has 0 rings (SSSR count). The monoisotopic (exact) mass is 255 g/mol. The van der Waals surface area contributed by atoms with E-state index in [1.807, 2.05) is 6.92 Å². The standard InChI is InChI=1S/C13H21NO4/c1-4-5-9-17-12(15)6-7-14-8-10-18-13(16)11(2)3/h6-7,14H,2,4-5,8-10H2,1,3H3. The summed E-state index contributed by atoms with van der Waals surface area (Å²) < 4.78 is 9.73. The topological polar surface area (TPSA) is 64.6 Å². The molecule has 0 spiro atoms. The predicted molar refractivity (Wildman–Crippen MR) is 68.8 cm³/mol. The van der Waals surface area contributed by atoms with Gasteiger partial charge in [0.1, 0.15) is 6.61 Å². The van der Waals surface area contributed by atoms with Gasteiger partial charge in [-0.15, -0.1) is 0 Å². The molecule has 0 heterocycles. The molecule has 18 heavy (non-hydrogen) atoms. The lowest BCUT2D eigenvalue weighted by molar-refractivity contribution is -0.139. The van der Waals surface area contributed by atoms with Gasteiger partial charge >= 0.3 is 11.9 Å². The minimum atomic E-state index is -0.417.